The first kappa shape index (κ1) is 64.4. The van der Waals surface area contributed by atoms with Crippen molar-refractivity contribution in [1.29, 1.82) is 0 Å². The number of rotatable bonds is 18. The molecule has 0 aliphatic carbocycles. The van der Waals surface area contributed by atoms with Gasteiger partial charge in [0.2, 0.25) is 0 Å². The van der Waals surface area contributed by atoms with E-state index in [1.54, 1.807) is 72.8 Å². The Labute approximate surface area is 569 Å². The third kappa shape index (κ3) is 15.0. The van der Waals surface area contributed by atoms with Crippen molar-refractivity contribution < 1.29 is 28.6 Å². The van der Waals surface area contributed by atoms with Gasteiger partial charge in [0.1, 0.15) is 17.1 Å². The zero-order chi connectivity index (χ0) is 68.4. The first-order chi connectivity index (χ1) is 48.2. The van der Waals surface area contributed by atoms with Crippen molar-refractivity contribution in [3.8, 4) is 17.2 Å². The minimum Gasteiger partial charge on any atom is -0.421 e. The first-order valence-corrected chi connectivity index (χ1v) is 31.6. The summed E-state index contributed by atoms with van der Waals surface area (Å²) in [7, 11) is 0. The van der Waals surface area contributed by atoms with Crippen molar-refractivity contribution in [2.45, 2.75) is 41.5 Å². The van der Waals surface area contributed by atoms with E-state index in [-0.39, 0.29) is 51.0 Å². The molecule has 0 aliphatic heterocycles. The first-order valence-electron chi connectivity index (χ1n) is 31.6. The Balaban J connectivity index is 0.845. The van der Waals surface area contributed by atoms with Crippen LogP contribution >= 0.6 is 0 Å². The summed E-state index contributed by atoms with van der Waals surface area (Å²) in [5.74, 6) is -2.77. The molecule has 99 heavy (non-hydrogen) atoms. The number of carbonyl (C=O) groups is 3. The highest BCUT2D eigenvalue weighted by Gasteiger charge is 2.25. The summed E-state index contributed by atoms with van der Waals surface area (Å²) in [4.78, 5) is 45.0. The molecule has 0 spiro atoms. The van der Waals surface area contributed by atoms with Crippen molar-refractivity contribution >= 4 is 118 Å². The maximum absolute atomic E-state index is 15.0. The average Bonchev–Trinajstić information content (AvgIpc) is 0.804. The molecule has 0 aliphatic rings. The second-order valence-corrected chi connectivity index (χ2v) is 23.3. The Morgan fingerprint density at radius 1 is 0.232 bits per heavy atom. The molecule has 0 N–H and O–H groups in total. The van der Waals surface area contributed by atoms with Crippen LogP contribution in [-0.2, 0) is 0 Å². The molecular formula is C81H60N12O6. The van der Waals surface area contributed by atoms with Gasteiger partial charge in [-0.05, 0) is 200 Å². The van der Waals surface area contributed by atoms with Gasteiger partial charge in [0.05, 0.1) is 67.9 Å². The predicted molar refractivity (Wildman–Crippen MR) is 385 cm³/mol. The summed E-state index contributed by atoms with van der Waals surface area (Å²) < 4.78 is 18.8. The zero-order valence-electron chi connectivity index (χ0n) is 54.6. The van der Waals surface area contributed by atoms with Crippen LogP contribution in [0.1, 0.15) is 64.5 Å². The highest BCUT2D eigenvalue weighted by Crippen LogP contribution is 2.43. The van der Waals surface area contributed by atoms with Crippen LogP contribution in [-0.4, -0.2) is 17.9 Å². The van der Waals surface area contributed by atoms with E-state index in [4.69, 9.17) is 29.6 Å². The van der Waals surface area contributed by atoms with E-state index in [1.165, 1.54) is 18.2 Å². The highest BCUT2D eigenvalue weighted by molar-refractivity contribution is 6.05. The van der Waals surface area contributed by atoms with E-state index < -0.39 is 17.9 Å². The van der Waals surface area contributed by atoms with Gasteiger partial charge in [0.25, 0.3) is 0 Å². The maximum atomic E-state index is 15.0. The maximum Gasteiger partial charge on any atom is 0.343 e. The largest absolute Gasteiger partial charge is 0.421 e. The molecule has 0 radical (unpaired) electrons. The van der Waals surface area contributed by atoms with E-state index >= 15 is 0 Å². The number of ether oxygens (including phenoxy) is 3. The Hall–Kier alpha value is -13.4. The number of carbonyl (C=O) groups excluding carboxylic acids is 3. The van der Waals surface area contributed by atoms with Gasteiger partial charge < -0.3 is 14.2 Å². The van der Waals surface area contributed by atoms with Gasteiger partial charge in [-0.15, -0.1) is 15.3 Å². The number of fused-ring (bicyclic) bond motifs is 3. The van der Waals surface area contributed by atoms with E-state index in [1.807, 2.05) is 205 Å². The highest BCUT2D eigenvalue weighted by atomic mass is 16.5. The van der Waals surface area contributed by atoms with Crippen molar-refractivity contribution in [1.82, 2.24) is 0 Å². The van der Waals surface area contributed by atoms with E-state index in [0.717, 1.165) is 66.6 Å². The lowest BCUT2D eigenvalue weighted by molar-refractivity contribution is 0.0735. The molecule has 13 rings (SSSR count). The van der Waals surface area contributed by atoms with Crippen molar-refractivity contribution in [2.24, 2.45) is 61.4 Å². The molecule has 18 heteroatoms. The Morgan fingerprint density at radius 3 is 0.768 bits per heavy atom. The minimum absolute atomic E-state index is 0.0336. The third-order valence-corrected chi connectivity index (χ3v) is 16.3. The monoisotopic (exact) mass is 1300 g/mol. The summed E-state index contributed by atoms with van der Waals surface area (Å²) in [5, 5.41) is 59.1. The molecule has 0 bridgehead atoms. The summed E-state index contributed by atoms with van der Waals surface area (Å²) >= 11 is 0. The predicted octanol–water partition coefficient (Wildman–Crippen LogP) is 25.1. The summed E-state index contributed by atoms with van der Waals surface area (Å²) in [6.45, 7) is 11.6. The zero-order valence-corrected chi connectivity index (χ0v) is 54.6. The summed E-state index contributed by atoms with van der Waals surface area (Å²) in [5.41, 5.74) is 11.0. The van der Waals surface area contributed by atoms with Gasteiger partial charge in [0.15, 0.2) is 17.2 Å². The number of aryl methyl sites for hydroxylation is 6. The SMILES string of the molecule is Cc1ccccc1/N=N/c1ccc(/N=N/c2c(OC(=O)c3cc(C(=O)Oc4ccc5ccccc5c4/N=N/c4ccc(/N=N/c5ccccc5C)cc4C)cc(C(=O)Oc4ccc5ccccc5c4/N=N/c4ccc(/N=N/c5ccccc5C)cc4C)c3)ccc3ccccc23)c(C)c1. The lowest BCUT2D eigenvalue weighted by Gasteiger charge is -2.14. The Bertz CT molecular complexity index is 5000. The Kier molecular flexibility index (Phi) is 18.9. The number of benzene rings is 13. The van der Waals surface area contributed by atoms with Gasteiger partial charge in [-0.2, -0.15) is 46.0 Å². The second kappa shape index (κ2) is 29.1. The van der Waals surface area contributed by atoms with Crippen LogP contribution in [0.5, 0.6) is 17.2 Å². The van der Waals surface area contributed by atoms with Crippen molar-refractivity contribution in [2.75, 3.05) is 0 Å². The smallest absolute Gasteiger partial charge is 0.343 e. The lowest BCUT2D eigenvalue weighted by Crippen LogP contribution is -2.17. The van der Waals surface area contributed by atoms with Gasteiger partial charge in [0, 0.05) is 16.2 Å². The molecule has 0 amide bonds. The molecule has 13 aromatic carbocycles. The molecule has 0 fully saturated rings. The van der Waals surface area contributed by atoms with Crippen LogP contribution in [0.15, 0.2) is 316 Å². The van der Waals surface area contributed by atoms with Gasteiger partial charge in [-0.1, -0.05) is 146 Å². The Morgan fingerprint density at radius 2 is 0.485 bits per heavy atom. The third-order valence-electron chi connectivity index (χ3n) is 16.3. The van der Waals surface area contributed by atoms with E-state index in [0.29, 0.717) is 50.3 Å². The molecular weight excluding hydrogens is 1240 g/mol. The molecule has 0 saturated heterocycles. The van der Waals surface area contributed by atoms with Crippen LogP contribution < -0.4 is 14.2 Å². The minimum atomic E-state index is -0.957. The standard InChI is InChI=1S/C81H60N12O6/c1-49-19-7-16-28-67(49)85-82-61-34-37-70(52(4)43-61)88-91-76-64-25-13-10-22-55(64)31-40-73(76)97-79(94)58-46-59(80(95)98-74-41-32-56-23-11-14-26-65(56)77(74)92-89-71-38-35-62(44-53(71)5)83-86-68-29-17-8-20-50(68)2)48-60(47-58)81(96)99-75-42-33-57-24-12-15-27-66(57)78(75)93-90-72-39-36-63(45-54(72)6)84-87-69-30-18-9-21-51(69)3/h7-48H,1-6H3/b85-82+,86-83+,87-84+,91-88+,92-89+,93-90+. The fourth-order valence-electron chi connectivity index (χ4n) is 10.8. The topological polar surface area (TPSA) is 227 Å². The molecule has 18 nitrogen and oxygen atoms in total. The average molecular weight is 1300 g/mol. The molecule has 0 atom stereocenters. The number of nitrogens with zero attached hydrogens (tertiary/aromatic N) is 12. The lowest BCUT2D eigenvalue weighted by atomic mass is 10.0. The quantitative estimate of drug-likeness (QED) is 0.0461. The summed E-state index contributed by atoms with van der Waals surface area (Å²) in [6, 6.07) is 75.8. The molecule has 0 unspecified atom stereocenters. The van der Waals surface area contributed by atoms with Gasteiger partial charge >= 0.3 is 17.9 Å². The molecule has 0 saturated carbocycles. The van der Waals surface area contributed by atoms with Crippen LogP contribution in [0.2, 0.25) is 0 Å². The van der Waals surface area contributed by atoms with Crippen LogP contribution in [0.25, 0.3) is 32.3 Å². The summed E-state index contributed by atoms with van der Waals surface area (Å²) in [6.07, 6.45) is 0. The number of azo groups is 6. The van der Waals surface area contributed by atoms with Crippen LogP contribution in [0.3, 0.4) is 0 Å². The number of hydrogen-bond donors (Lipinski definition) is 0. The van der Waals surface area contributed by atoms with Gasteiger partial charge in [-0.3, -0.25) is 0 Å². The van der Waals surface area contributed by atoms with Gasteiger partial charge in [-0.25, -0.2) is 14.4 Å². The molecule has 0 aromatic heterocycles. The molecule has 480 valence electrons. The van der Waals surface area contributed by atoms with E-state index in [2.05, 4.69) is 46.0 Å². The van der Waals surface area contributed by atoms with Crippen LogP contribution in [0, 0.1) is 41.5 Å². The van der Waals surface area contributed by atoms with E-state index in [9.17, 15) is 14.4 Å². The van der Waals surface area contributed by atoms with Crippen LogP contribution in [0.4, 0.5) is 68.2 Å². The fraction of sp³-hybridized carbons (Fsp3) is 0.0741. The fourth-order valence-corrected chi connectivity index (χ4v) is 10.8. The van der Waals surface area contributed by atoms with Crippen molar-refractivity contribution in [3.05, 3.63) is 305 Å². The van der Waals surface area contributed by atoms with Crippen molar-refractivity contribution in [3.63, 3.8) is 0 Å². The normalized spacial score (nSPS) is 11.8. The number of esters is 3. The molecule has 0 heterocycles. The number of hydrogen-bond acceptors (Lipinski definition) is 18. The molecule has 13 aromatic rings. The second-order valence-electron chi connectivity index (χ2n) is 23.3.